The molecule has 204 valence electrons. The number of halogens is 1. The van der Waals surface area contributed by atoms with Crippen molar-refractivity contribution in [3.8, 4) is 17.1 Å². The maximum Gasteiger partial charge on any atom is 0.338 e. The Bertz CT molecular complexity index is 1850. The van der Waals surface area contributed by atoms with Crippen LogP contribution in [0.15, 0.2) is 80.1 Å². The number of carbonyl (C=O) groups excluding carboxylic acids is 1. The van der Waals surface area contributed by atoms with Gasteiger partial charge in [-0.1, -0.05) is 23.5 Å². The van der Waals surface area contributed by atoms with Gasteiger partial charge in [0.05, 0.1) is 40.5 Å². The van der Waals surface area contributed by atoms with Crippen molar-refractivity contribution in [1.82, 2.24) is 4.57 Å². The summed E-state index contributed by atoms with van der Waals surface area (Å²) >= 11 is 1.13. The molecule has 4 aromatic rings. The molecule has 1 atom stereocenters. The molecule has 0 aliphatic carbocycles. The Morgan fingerprint density at radius 3 is 2.65 bits per heavy atom. The first-order valence-electron chi connectivity index (χ1n) is 12.1. The Morgan fingerprint density at radius 2 is 1.98 bits per heavy atom. The SMILES string of the molecule is CCOC(=O)C1=C(C)N=c2s/c(=C\c3ccc(-c4ccc(F)c([N+](=O)[O-])c4)o3)c(=O)n2[C@@H]1c1ccc(OC)cc1. The van der Waals surface area contributed by atoms with Gasteiger partial charge in [0.15, 0.2) is 4.80 Å². The van der Waals surface area contributed by atoms with Gasteiger partial charge in [-0.05, 0) is 55.8 Å². The predicted molar refractivity (Wildman–Crippen MR) is 144 cm³/mol. The summed E-state index contributed by atoms with van der Waals surface area (Å²) in [5.41, 5.74) is 0.603. The summed E-state index contributed by atoms with van der Waals surface area (Å²) in [5.74, 6) is -0.337. The molecule has 10 nitrogen and oxygen atoms in total. The van der Waals surface area contributed by atoms with E-state index in [2.05, 4.69) is 4.99 Å². The van der Waals surface area contributed by atoms with Gasteiger partial charge in [0.1, 0.15) is 17.3 Å². The molecule has 40 heavy (non-hydrogen) atoms. The standard InChI is InChI=1S/C28H22FN3O7S/c1-4-38-27(34)24-15(2)30-28-31(25(24)16-5-8-18(37-3)9-6-16)26(33)23(40-28)14-19-10-12-22(39-19)17-7-11-20(29)21(13-17)32(35)36/h5-14,25H,4H2,1-3H3/b23-14-/t25-/m1/s1. The lowest BCUT2D eigenvalue weighted by molar-refractivity contribution is -0.387. The Hall–Kier alpha value is -4.84. The topological polar surface area (TPSA) is 126 Å². The third kappa shape index (κ3) is 4.84. The normalized spacial score (nSPS) is 15.0. The summed E-state index contributed by atoms with van der Waals surface area (Å²) in [6.45, 7) is 3.56. The third-order valence-electron chi connectivity index (χ3n) is 6.28. The second kappa shape index (κ2) is 10.7. The Labute approximate surface area is 230 Å². The van der Waals surface area contributed by atoms with E-state index in [1.165, 1.54) is 16.7 Å². The molecule has 1 aliphatic rings. The fourth-order valence-electron chi connectivity index (χ4n) is 4.41. The maximum atomic E-state index is 13.8. The van der Waals surface area contributed by atoms with Crippen LogP contribution < -0.4 is 19.6 Å². The van der Waals surface area contributed by atoms with Gasteiger partial charge >= 0.3 is 11.7 Å². The van der Waals surface area contributed by atoms with Gasteiger partial charge in [-0.15, -0.1) is 0 Å². The van der Waals surface area contributed by atoms with E-state index in [4.69, 9.17) is 13.9 Å². The molecule has 0 radical (unpaired) electrons. The van der Waals surface area contributed by atoms with Gasteiger partial charge in [0.25, 0.3) is 5.56 Å². The molecule has 2 aromatic heterocycles. The van der Waals surface area contributed by atoms with Crippen LogP contribution >= 0.6 is 11.3 Å². The number of nitrogens with zero attached hydrogens (tertiary/aromatic N) is 3. The minimum absolute atomic E-state index is 0.160. The number of thiazole rings is 1. The van der Waals surface area contributed by atoms with Gasteiger partial charge in [-0.2, -0.15) is 4.39 Å². The monoisotopic (exact) mass is 563 g/mol. The summed E-state index contributed by atoms with van der Waals surface area (Å²) in [6, 6.07) is 12.9. The fourth-order valence-corrected chi connectivity index (χ4v) is 5.44. The molecular formula is C28H22FN3O7S. The Balaban J connectivity index is 1.61. The molecule has 3 heterocycles. The average molecular weight is 564 g/mol. The third-order valence-corrected chi connectivity index (χ3v) is 7.26. The van der Waals surface area contributed by atoms with Crippen molar-refractivity contribution in [2.24, 2.45) is 4.99 Å². The molecular weight excluding hydrogens is 541 g/mol. The predicted octanol–water partition coefficient (Wildman–Crippen LogP) is 4.11. The second-order valence-corrected chi connectivity index (χ2v) is 9.71. The number of nitro groups is 1. The molecule has 0 saturated heterocycles. The molecule has 0 fully saturated rings. The van der Waals surface area contributed by atoms with E-state index in [9.17, 15) is 24.1 Å². The van der Waals surface area contributed by atoms with E-state index < -0.39 is 34.0 Å². The number of hydrogen-bond acceptors (Lipinski definition) is 9. The summed E-state index contributed by atoms with van der Waals surface area (Å²) < 4.78 is 31.9. The highest BCUT2D eigenvalue weighted by atomic mass is 32.1. The van der Waals surface area contributed by atoms with Crippen molar-refractivity contribution in [2.75, 3.05) is 13.7 Å². The van der Waals surface area contributed by atoms with Crippen LogP contribution in [-0.2, 0) is 9.53 Å². The number of aromatic nitrogens is 1. The fraction of sp³-hybridized carbons (Fsp3) is 0.179. The zero-order chi connectivity index (χ0) is 28.6. The van der Waals surface area contributed by atoms with E-state index >= 15 is 0 Å². The van der Waals surface area contributed by atoms with Gasteiger partial charge in [-0.3, -0.25) is 19.5 Å². The number of furan rings is 1. The molecule has 0 saturated carbocycles. The van der Waals surface area contributed by atoms with Crippen LogP contribution in [0.4, 0.5) is 10.1 Å². The summed E-state index contributed by atoms with van der Waals surface area (Å²) in [7, 11) is 1.55. The van der Waals surface area contributed by atoms with Crippen LogP contribution in [0.1, 0.15) is 31.2 Å². The Kier molecular flexibility index (Phi) is 7.18. The largest absolute Gasteiger partial charge is 0.497 e. The maximum absolute atomic E-state index is 13.8. The number of benzene rings is 2. The van der Waals surface area contributed by atoms with Gasteiger partial charge in [0, 0.05) is 17.7 Å². The molecule has 0 N–H and O–H groups in total. The minimum Gasteiger partial charge on any atom is -0.497 e. The zero-order valence-corrected chi connectivity index (χ0v) is 22.4. The summed E-state index contributed by atoms with van der Waals surface area (Å²) in [6.07, 6.45) is 1.53. The van der Waals surface area contributed by atoms with Crippen molar-refractivity contribution in [1.29, 1.82) is 0 Å². The van der Waals surface area contributed by atoms with E-state index in [-0.39, 0.29) is 17.9 Å². The number of rotatable bonds is 7. The number of allylic oxidation sites excluding steroid dienone is 1. The quantitative estimate of drug-likeness (QED) is 0.188. The lowest BCUT2D eigenvalue weighted by Crippen LogP contribution is -2.39. The highest BCUT2D eigenvalue weighted by Gasteiger charge is 2.33. The molecule has 0 unspecified atom stereocenters. The minimum atomic E-state index is -0.953. The molecule has 0 bridgehead atoms. The number of nitro benzene ring substituents is 1. The van der Waals surface area contributed by atoms with Crippen LogP contribution in [0.3, 0.4) is 0 Å². The van der Waals surface area contributed by atoms with E-state index in [0.717, 1.165) is 23.5 Å². The summed E-state index contributed by atoms with van der Waals surface area (Å²) in [4.78, 5) is 41.9. The van der Waals surface area contributed by atoms with E-state index in [1.807, 2.05) is 0 Å². The van der Waals surface area contributed by atoms with E-state index in [0.29, 0.717) is 37.7 Å². The van der Waals surface area contributed by atoms with E-state index in [1.54, 1.807) is 57.4 Å². The summed E-state index contributed by atoms with van der Waals surface area (Å²) in [5, 5.41) is 11.1. The highest BCUT2D eigenvalue weighted by molar-refractivity contribution is 7.07. The first-order chi connectivity index (χ1) is 19.2. The van der Waals surface area contributed by atoms with Crippen LogP contribution in [0.2, 0.25) is 0 Å². The smallest absolute Gasteiger partial charge is 0.338 e. The molecule has 1 aliphatic heterocycles. The average Bonchev–Trinajstić information content (AvgIpc) is 3.52. The molecule has 0 amide bonds. The van der Waals surface area contributed by atoms with Crippen LogP contribution in [0, 0.1) is 15.9 Å². The van der Waals surface area contributed by atoms with Crippen molar-refractivity contribution in [3.05, 3.63) is 113 Å². The van der Waals surface area contributed by atoms with Crippen LogP contribution in [0.5, 0.6) is 5.75 Å². The highest BCUT2D eigenvalue weighted by Crippen LogP contribution is 2.32. The van der Waals surface area contributed by atoms with Crippen molar-refractivity contribution >= 4 is 29.1 Å². The lowest BCUT2D eigenvalue weighted by Gasteiger charge is -2.24. The zero-order valence-electron chi connectivity index (χ0n) is 21.5. The number of carbonyl (C=O) groups is 1. The molecule has 2 aromatic carbocycles. The van der Waals surface area contributed by atoms with Gasteiger partial charge in [-0.25, -0.2) is 9.79 Å². The van der Waals surface area contributed by atoms with Crippen molar-refractivity contribution in [2.45, 2.75) is 19.9 Å². The molecule has 0 spiro atoms. The second-order valence-electron chi connectivity index (χ2n) is 8.70. The number of ether oxygens (including phenoxy) is 2. The number of hydrogen-bond donors (Lipinski definition) is 0. The van der Waals surface area contributed by atoms with Gasteiger partial charge < -0.3 is 13.9 Å². The number of fused-ring (bicyclic) bond motifs is 1. The van der Waals surface area contributed by atoms with Crippen molar-refractivity contribution in [3.63, 3.8) is 0 Å². The van der Waals surface area contributed by atoms with Crippen LogP contribution in [0.25, 0.3) is 17.4 Å². The number of esters is 1. The lowest BCUT2D eigenvalue weighted by atomic mass is 9.96. The first-order valence-corrected chi connectivity index (χ1v) is 12.9. The first kappa shape index (κ1) is 26.8. The van der Waals surface area contributed by atoms with Crippen molar-refractivity contribution < 1.29 is 28.0 Å². The molecule has 5 rings (SSSR count). The van der Waals surface area contributed by atoms with Gasteiger partial charge in [0.2, 0.25) is 5.82 Å². The molecule has 12 heteroatoms. The van der Waals surface area contributed by atoms with Crippen LogP contribution in [-0.4, -0.2) is 29.2 Å². The Morgan fingerprint density at radius 1 is 1.23 bits per heavy atom. The number of methoxy groups -OCH3 is 1.